The second-order valence-corrected chi connectivity index (χ2v) is 8.89. The van der Waals surface area contributed by atoms with E-state index >= 15 is 0 Å². The molecule has 0 aromatic heterocycles. The van der Waals surface area contributed by atoms with Gasteiger partial charge >= 0.3 is 5.97 Å². The van der Waals surface area contributed by atoms with Gasteiger partial charge in [-0.3, -0.25) is 4.79 Å². The topological polar surface area (TPSA) is 97.1 Å². The second-order valence-electron chi connectivity index (χ2n) is 7.97. The number of Topliss-reactive ketones (excluding diaryl/α,β-unsaturated/α-hetero) is 1. The number of esters is 1. The zero-order valence-electron chi connectivity index (χ0n) is 19.1. The van der Waals surface area contributed by atoms with E-state index < -0.39 is 11.9 Å². The number of carbonyl (C=O) groups excluding carboxylic acids is 2. The molecule has 4 rings (SSSR count). The first-order chi connectivity index (χ1) is 16.4. The largest absolute Gasteiger partial charge is 0.490 e. The summed E-state index contributed by atoms with van der Waals surface area (Å²) in [6.07, 6.45) is 1.65. The van der Waals surface area contributed by atoms with Crippen LogP contribution in [-0.2, 0) is 25.7 Å². The number of hydrogen-bond donors (Lipinski definition) is 1. The van der Waals surface area contributed by atoms with Gasteiger partial charge in [0.2, 0.25) is 5.88 Å². The third-order valence-corrected chi connectivity index (χ3v) is 6.33. The number of ether oxygens (including phenoxy) is 4. The minimum Gasteiger partial charge on any atom is -0.490 e. The van der Waals surface area contributed by atoms with E-state index in [1.807, 2.05) is 37.3 Å². The number of halogens is 1. The zero-order valence-corrected chi connectivity index (χ0v) is 20.6. The number of benzene rings is 2. The molecule has 1 heterocycles. The van der Waals surface area contributed by atoms with E-state index in [4.69, 9.17) is 24.7 Å². The van der Waals surface area contributed by atoms with Crippen molar-refractivity contribution in [1.82, 2.24) is 0 Å². The summed E-state index contributed by atoms with van der Waals surface area (Å²) in [5.74, 6) is 0.134. The lowest BCUT2D eigenvalue weighted by Gasteiger charge is -2.32. The van der Waals surface area contributed by atoms with Crippen molar-refractivity contribution in [3.05, 3.63) is 80.9 Å². The molecule has 0 spiro atoms. The number of carbonyl (C=O) groups is 2. The lowest BCUT2D eigenvalue weighted by Crippen LogP contribution is -2.31. The van der Waals surface area contributed by atoms with Crippen molar-refractivity contribution in [3.8, 4) is 11.5 Å². The van der Waals surface area contributed by atoms with Crippen LogP contribution in [0.1, 0.15) is 43.2 Å². The maximum Gasteiger partial charge on any atom is 0.340 e. The van der Waals surface area contributed by atoms with E-state index in [0.717, 1.165) is 10.0 Å². The summed E-state index contributed by atoms with van der Waals surface area (Å²) in [4.78, 5) is 25.6. The van der Waals surface area contributed by atoms with Gasteiger partial charge in [-0.1, -0.05) is 34.1 Å². The van der Waals surface area contributed by atoms with Crippen LogP contribution in [-0.4, -0.2) is 25.5 Å². The molecule has 7 nitrogen and oxygen atoms in total. The number of rotatable bonds is 7. The fourth-order valence-corrected chi connectivity index (χ4v) is 4.50. The molecule has 1 aliphatic carbocycles. The zero-order chi connectivity index (χ0) is 24.2. The van der Waals surface area contributed by atoms with Crippen LogP contribution in [0, 0.1) is 0 Å². The fraction of sp³-hybridized carbons (Fsp3) is 0.308. The van der Waals surface area contributed by atoms with Crippen molar-refractivity contribution >= 4 is 27.7 Å². The highest BCUT2D eigenvalue weighted by Crippen LogP contribution is 2.45. The molecule has 2 aromatic carbocycles. The van der Waals surface area contributed by atoms with Crippen LogP contribution in [0.3, 0.4) is 0 Å². The number of hydrogen-bond acceptors (Lipinski definition) is 7. The summed E-state index contributed by atoms with van der Waals surface area (Å²) in [6.45, 7) is 2.65. The summed E-state index contributed by atoms with van der Waals surface area (Å²) in [5, 5.41) is 0. The van der Waals surface area contributed by atoms with E-state index in [-0.39, 0.29) is 17.2 Å². The van der Waals surface area contributed by atoms with Gasteiger partial charge in [-0.05, 0) is 48.7 Å². The average molecular weight is 528 g/mol. The SMILES string of the molecule is CCOc1cc([C@H]2C(C(=O)OC)=C(N)OC3=C2C(=O)CCC3)ccc1OCc1ccc(Br)cc1. The standard InChI is InChI=1S/C26H26BrNO6/c1-3-32-21-13-16(9-12-19(21)33-14-15-7-10-17(27)11-8-15)22-23-18(29)5-4-6-20(23)34-25(28)24(22)26(30)31-2/h7-13,22H,3-6,14,28H2,1-2H3/t22-/m1/s1. The molecule has 178 valence electrons. The third kappa shape index (κ3) is 4.82. The Labute approximate surface area is 206 Å². The van der Waals surface area contributed by atoms with E-state index in [2.05, 4.69) is 15.9 Å². The summed E-state index contributed by atoms with van der Waals surface area (Å²) in [5.41, 5.74) is 8.38. The lowest BCUT2D eigenvalue weighted by atomic mass is 9.77. The summed E-state index contributed by atoms with van der Waals surface area (Å²) in [7, 11) is 1.27. The molecule has 2 N–H and O–H groups in total. The fourth-order valence-electron chi connectivity index (χ4n) is 4.23. The monoisotopic (exact) mass is 527 g/mol. The quantitative estimate of drug-likeness (QED) is 0.511. The minimum absolute atomic E-state index is 0.0428. The van der Waals surface area contributed by atoms with Gasteiger partial charge in [-0.2, -0.15) is 0 Å². The summed E-state index contributed by atoms with van der Waals surface area (Å²) >= 11 is 3.43. The van der Waals surface area contributed by atoms with Gasteiger partial charge in [-0.25, -0.2) is 4.79 Å². The Morgan fingerprint density at radius 1 is 1.12 bits per heavy atom. The predicted octanol–water partition coefficient (Wildman–Crippen LogP) is 4.89. The molecule has 1 atom stereocenters. The van der Waals surface area contributed by atoms with Gasteiger partial charge in [0, 0.05) is 22.9 Å². The van der Waals surface area contributed by atoms with E-state index in [1.54, 1.807) is 12.1 Å². The van der Waals surface area contributed by atoms with Crippen LogP contribution in [0.2, 0.25) is 0 Å². The molecule has 34 heavy (non-hydrogen) atoms. The number of nitrogens with two attached hydrogens (primary N) is 1. The lowest BCUT2D eigenvalue weighted by molar-refractivity contribution is -0.136. The average Bonchev–Trinajstić information content (AvgIpc) is 2.83. The molecule has 2 aliphatic rings. The van der Waals surface area contributed by atoms with Crippen LogP contribution in [0.15, 0.2) is 69.7 Å². The van der Waals surface area contributed by atoms with E-state index in [9.17, 15) is 9.59 Å². The summed E-state index contributed by atoms with van der Waals surface area (Å²) < 4.78 is 23.6. The Balaban J connectivity index is 1.72. The Bertz CT molecular complexity index is 1170. The van der Waals surface area contributed by atoms with E-state index in [0.29, 0.717) is 60.9 Å². The highest BCUT2D eigenvalue weighted by atomic mass is 79.9. The molecule has 1 aliphatic heterocycles. The first-order valence-corrected chi connectivity index (χ1v) is 11.9. The van der Waals surface area contributed by atoms with Crippen LogP contribution >= 0.6 is 15.9 Å². The minimum atomic E-state index is -0.705. The first kappa shape index (κ1) is 23.9. The molecule has 0 unspecified atom stereocenters. The Morgan fingerprint density at radius 3 is 2.59 bits per heavy atom. The first-order valence-electron chi connectivity index (χ1n) is 11.1. The molecule has 0 amide bonds. The maximum absolute atomic E-state index is 12.9. The van der Waals surface area contributed by atoms with Crippen LogP contribution in [0.25, 0.3) is 0 Å². The molecule has 2 aromatic rings. The van der Waals surface area contributed by atoms with Crippen molar-refractivity contribution in [2.45, 2.75) is 38.7 Å². The maximum atomic E-state index is 12.9. The molecule has 0 fully saturated rings. The van der Waals surface area contributed by atoms with E-state index in [1.165, 1.54) is 7.11 Å². The molecule has 8 heteroatoms. The Kier molecular flexibility index (Phi) is 7.26. The molecule has 0 saturated heterocycles. The number of ketones is 1. The Morgan fingerprint density at radius 2 is 1.88 bits per heavy atom. The van der Waals surface area contributed by atoms with Gasteiger partial charge in [0.1, 0.15) is 17.9 Å². The number of allylic oxidation sites excluding steroid dienone is 2. The highest BCUT2D eigenvalue weighted by Gasteiger charge is 2.41. The van der Waals surface area contributed by atoms with Crippen molar-refractivity contribution in [2.24, 2.45) is 5.73 Å². The highest BCUT2D eigenvalue weighted by molar-refractivity contribution is 9.10. The Hall–Kier alpha value is -3.26. The summed E-state index contributed by atoms with van der Waals surface area (Å²) in [6, 6.07) is 13.2. The van der Waals surface area contributed by atoms with Crippen LogP contribution in [0.4, 0.5) is 0 Å². The molecule has 0 radical (unpaired) electrons. The van der Waals surface area contributed by atoms with Gasteiger partial charge in [-0.15, -0.1) is 0 Å². The van der Waals surface area contributed by atoms with Crippen molar-refractivity contribution < 1.29 is 28.5 Å². The third-order valence-electron chi connectivity index (χ3n) is 5.80. The molecular weight excluding hydrogens is 502 g/mol. The van der Waals surface area contributed by atoms with Crippen molar-refractivity contribution in [2.75, 3.05) is 13.7 Å². The molecule has 0 bridgehead atoms. The van der Waals surface area contributed by atoms with Gasteiger partial charge < -0.3 is 24.7 Å². The van der Waals surface area contributed by atoms with Crippen LogP contribution < -0.4 is 15.2 Å². The van der Waals surface area contributed by atoms with Gasteiger partial charge in [0.05, 0.1) is 19.6 Å². The smallest absolute Gasteiger partial charge is 0.340 e. The number of methoxy groups -OCH3 is 1. The molecule has 0 saturated carbocycles. The van der Waals surface area contributed by atoms with Gasteiger partial charge in [0.15, 0.2) is 17.3 Å². The predicted molar refractivity (Wildman–Crippen MR) is 129 cm³/mol. The normalized spacial score (nSPS) is 17.7. The van der Waals surface area contributed by atoms with Crippen molar-refractivity contribution in [3.63, 3.8) is 0 Å². The van der Waals surface area contributed by atoms with Crippen LogP contribution in [0.5, 0.6) is 11.5 Å². The van der Waals surface area contributed by atoms with Gasteiger partial charge in [0.25, 0.3) is 0 Å². The molecular formula is C26H26BrNO6. The second kappa shape index (κ2) is 10.3. The van der Waals surface area contributed by atoms with Crippen molar-refractivity contribution in [1.29, 1.82) is 0 Å².